The average Bonchev–Trinajstić information content (AvgIpc) is 3.61. The van der Waals surface area contributed by atoms with E-state index >= 15 is 14.4 Å². The maximum absolute atomic E-state index is 16.0. The van der Waals surface area contributed by atoms with E-state index in [0.29, 0.717) is 33.4 Å². The van der Waals surface area contributed by atoms with Gasteiger partial charge in [-0.25, -0.2) is 4.90 Å². The molecule has 4 atom stereocenters. The van der Waals surface area contributed by atoms with E-state index in [1.807, 2.05) is 74.5 Å². The number of ketones is 1. The highest BCUT2D eigenvalue weighted by atomic mass is 35.5. The molecule has 248 valence electrons. The van der Waals surface area contributed by atoms with Gasteiger partial charge in [-0.1, -0.05) is 132 Å². The smallest absolute Gasteiger partial charge is 0.297 e. The number of imide groups is 1. The lowest BCUT2D eigenvalue weighted by Gasteiger charge is -2.39. The highest BCUT2D eigenvalue weighted by molar-refractivity contribution is 6.41. The van der Waals surface area contributed by atoms with Crippen LogP contribution in [0.5, 0.6) is 0 Å². The number of fused-ring (bicyclic) bond motifs is 5. The lowest BCUT2D eigenvalue weighted by Crippen LogP contribution is -2.45. The predicted octanol–water partition coefficient (Wildman–Crippen LogP) is 9.16. The van der Waals surface area contributed by atoms with Crippen molar-refractivity contribution in [1.29, 1.82) is 0 Å². The van der Waals surface area contributed by atoms with E-state index < -0.39 is 46.2 Å². The Kier molecular flexibility index (Phi) is 7.11. The van der Waals surface area contributed by atoms with Crippen LogP contribution in [0.3, 0.4) is 0 Å². The molecule has 0 radical (unpaired) electrons. The molecular formula is C42H29ClF3NO3. The normalized spacial score (nSPS) is 24.4. The van der Waals surface area contributed by atoms with Gasteiger partial charge < -0.3 is 0 Å². The fourth-order valence-electron chi connectivity index (χ4n) is 8.66. The number of carbonyl (C=O) groups is 3. The third kappa shape index (κ3) is 4.16. The second-order valence-electron chi connectivity index (χ2n) is 13.3. The first-order valence-electron chi connectivity index (χ1n) is 16.2. The predicted molar refractivity (Wildman–Crippen MR) is 186 cm³/mol. The number of hydrogen-bond acceptors (Lipinski definition) is 3. The Labute approximate surface area is 291 Å². The number of allylic oxidation sites excluding steroid dienone is 2. The fourth-order valence-corrected chi connectivity index (χ4v) is 8.86. The summed E-state index contributed by atoms with van der Waals surface area (Å²) in [5.74, 6) is -4.45. The summed E-state index contributed by atoms with van der Waals surface area (Å²) in [5.41, 5.74) is 0.834. The summed E-state index contributed by atoms with van der Waals surface area (Å²) in [6.07, 6.45) is -4.76. The Balaban J connectivity index is 1.53. The van der Waals surface area contributed by atoms with Crippen molar-refractivity contribution < 1.29 is 27.6 Å². The second kappa shape index (κ2) is 11.1. The molecule has 2 aliphatic carbocycles. The topological polar surface area (TPSA) is 54.5 Å². The number of Topliss-reactive ketones (excluding diaryl/α,β-unsaturated/α-hetero) is 1. The van der Waals surface area contributed by atoms with Crippen molar-refractivity contribution in [2.24, 2.45) is 11.8 Å². The van der Waals surface area contributed by atoms with Gasteiger partial charge in [-0.05, 0) is 65.4 Å². The number of aryl methyl sites for hydroxylation is 2. The van der Waals surface area contributed by atoms with Crippen molar-refractivity contribution in [2.75, 3.05) is 4.90 Å². The van der Waals surface area contributed by atoms with Crippen LogP contribution >= 0.6 is 11.6 Å². The number of hydrogen-bond donors (Lipinski definition) is 0. The molecule has 0 aromatic heterocycles. The molecule has 1 heterocycles. The molecule has 1 aliphatic heterocycles. The van der Waals surface area contributed by atoms with Crippen LogP contribution in [0, 0.1) is 25.7 Å². The molecule has 0 N–H and O–H groups in total. The first kappa shape index (κ1) is 32.0. The molecule has 8 rings (SSSR count). The minimum Gasteiger partial charge on any atom is -0.297 e. The first-order chi connectivity index (χ1) is 23.9. The molecule has 1 saturated heterocycles. The minimum atomic E-state index is -4.76. The van der Waals surface area contributed by atoms with Gasteiger partial charge in [0, 0.05) is 0 Å². The number of carbonyl (C=O) groups excluding carboxylic acids is 3. The van der Waals surface area contributed by atoms with Gasteiger partial charge in [0.05, 0.1) is 38.9 Å². The zero-order valence-corrected chi connectivity index (χ0v) is 27.7. The van der Waals surface area contributed by atoms with Crippen LogP contribution in [0.4, 0.5) is 18.9 Å². The zero-order valence-electron chi connectivity index (χ0n) is 27.0. The van der Waals surface area contributed by atoms with Crippen molar-refractivity contribution in [3.8, 4) is 0 Å². The molecule has 0 spiro atoms. The van der Waals surface area contributed by atoms with Gasteiger partial charge in [0.1, 0.15) is 0 Å². The van der Waals surface area contributed by atoms with Gasteiger partial charge in [-0.3, -0.25) is 14.4 Å². The summed E-state index contributed by atoms with van der Waals surface area (Å²) in [4.78, 5) is 47.0. The number of alkyl halides is 3. The first-order valence-corrected chi connectivity index (χ1v) is 16.6. The van der Waals surface area contributed by atoms with E-state index in [0.717, 1.165) is 34.2 Å². The van der Waals surface area contributed by atoms with Gasteiger partial charge in [0.2, 0.25) is 11.8 Å². The molecule has 50 heavy (non-hydrogen) atoms. The Morgan fingerprint density at radius 2 is 1.02 bits per heavy atom. The fraction of sp³-hybridized carbons (Fsp3) is 0.167. The van der Waals surface area contributed by atoms with Gasteiger partial charge in [-0.15, -0.1) is 0 Å². The van der Waals surface area contributed by atoms with Crippen molar-refractivity contribution in [1.82, 2.24) is 0 Å². The summed E-state index contributed by atoms with van der Waals surface area (Å²) in [7, 11) is 0. The molecule has 1 saturated carbocycles. The van der Waals surface area contributed by atoms with Crippen LogP contribution in [0.1, 0.15) is 38.9 Å². The molecule has 2 amide bonds. The van der Waals surface area contributed by atoms with E-state index in [1.54, 1.807) is 48.5 Å². The van der Waals surface area contributed by atoms with Crippen molar-refractivity contribution in [3.63, 3.8) is 0 Å². The summed E-state index contributed by atoms with van der Waals surface area (Å²) >= 11 is 6.52. The lowest BCUT2D eigenvalue weighted by molar-refractivity contribution is -0.137. The van der Waals surface area contributed by atoms with Gasteiger partial charge in [0.15, 0.2) is 5.78 Å². The van der Waals surface area contributed by atoms with Gasteiger partial charge in [0.25, 0.3) is 0 Å². The number of benzene rings is 5. The zero-order chi connectivity index (χ0) is 35.2. The Hall–Kier alpha value is -5.27. The van der Waals surface area contributed by atoms with Crippen LogP contribution < -0.4 is 4.90 Å². The number of anilines is 1. The molecule has 2 bridgehead atoms. The number of nitrogens with zero attached hydrogens (tertiary/aromatic N) is 1. The Morgan fingerprint density at radius 3 is 1.42 bits per heavy atom. The molecule has 5 aromatic rings. The maximum atomic E-state index is 16.0. The van der Waals surface area contributed by atoms with Crippen LogP contribution in [-0.2, 0) is 31.4 Å². The van der Waals surface area contributed by atoms with E-state index in [4.69, 9.17) is 11.6 Å². The highest BCUT2D eigenvalue weighted by Gasteiger charge is 2.82. The molecule has 2 fully saturated rings. The Bertz CT molecular complexity index is 2120. The van der Waals surface area contributed by atoms with Gasteiger partial charge in [-0.2, -0.15) is 13.2 Å². The van der Waals surface area contributed by atoms with Crippen molar-refractivity contribution in [2.45, 2.75) is 30.9 Å². The van der Waals surface area contributed by atoms with E-state index in [9.17, 15) is 13.2 Å². The van der Waals surface area contributed by atoms with Gasteiger partial charge >= 0.3 is 6.18 Å². The molecule has 0 unspecified atom stereocenters. The number of halogens is 4. The third-order valence-electron chi connectivity index (χ3n) is 10.6. The molecule has 3 aliphatic rings. The quantitative estimate of drug-likeness (QED) is 0.173. The number of amides is 2. The standard InChI is InChI=1S/C42H29ClF3NO3/c1-24-13-17-26(18-14-24)33-34(27-19-15-25(2)16-20-27)41(29-11-7-4-8-12-29)36-35(40(33,39(41)50)28-9-5-3-6-10-28)37(48)47(38(36)49)32-23-30(42(44,45)46)21-22-31(32)43/h3-23,35-36H,1-2H3/t35-,36+,40-,41-/m1/s1. The monoisotopic (exact) mass is 687 g/mol. The minimum absolute atomic E-state index is 0.189. The summed E-state index contributed by atoms with van der Waals surface area (Å²) < 4.78 is 42.0. The summed E-state index contributed by atoms with van der Waals surface area (Å²) in [6.45, 7) is 3.91. The number of rotatable bonds is 5. The van der Waals surface area contributed by atoms with Crippen molar-refractivity contribution >= 4 is 46.0 Å². The SMILES string of the molecule is Cc1ccc(C2=C(c3ccc(C)cc3)[C@@]3(c4ccccc4)C(=O)[C@@]2(c2ccccc2)[C@@H]2C(=O)N(c4cc(C(F)(F)F)ccc4Cl)C(=O)[C@@H]23)cc1. The van der Waals surface area contributed by atoms with Crippen molar-refractivity contribution in [3.05, 3.63) is 171 Å². The largest absolute Gasteiger partial charge is 0.416 e. The Morgan fingerprint density at radius 1 is 0.600 bits per heavy atom. The summed E-state index contributed by atoms with van der Waals surface area (Å²) in [6, 6.07) is 36.0. The molecule has 8 heteroatoms. The lowest BCUT2D eigenvalue weighted by atomic mass is 9.59. The van der Waals surface area contributed by atoms with Crippen LogP contribution in [0.15, 0.2) is 127 Å². The van der Waals surface area contributed by atoms with Crippen LogP contribution in [-0.4, -0.2) is 17.6 Å². The maximum Gasteiger partial charge on any atom is 0.416 e. The van der Waals surface area contributed by atoms with Crippen LogP contribution in [0.25, 0.3) is 11.1 Å². The van der Waals surface area contributed by atoms with E-state index in [-0.39, 0.29) is 16.5 Å². The van der Waals surface area contributed by atoms with Crippen LogP contribution in [0.2, 0.25) is 5.02 Å². The van der Waals surface area contributed by atoms with E-state index in [2.05, 4.69) is 0 Å². The average molecular weight is 688 g/mol. The third-order valence-corrected chi connectivity index (χ3v) is 11.0. The second-order valence-corrected chi connectivity index (χ2v) is 13.7. The highest BCUT2D eigenvalue weighted by Crippen LogP contribution is 2.74. The molecule has 4 nitrogen and oxygen atoms in total. The summed E-state index contributed by atoms with van der Waals surface area (Å²) in [5, 5.41) is -0.189. The molecule has 5 aromatic carbocycles. The molecular weight excluding hydrogens is 659 g/mol. The van der Waals surface area contributed by atoms with E-state index in [1.165, 1.54) is 0 Å².